The molecule has 0 heterocycles. The Hall–Kier alpha value is -3.77. The van der Waals surface area contributed by atoms with Gasteiger partial charge in [0.15, 0.2) is 5.75 Å². The predicted molar refractivity (Wildman–Crippen MR) is 138 cm³/mol. The smallest absolute Gasteiger partial charge is 0.389 e. The normalized spacial score (nSPS) is 12.1. The van der Waals surface area contributed by atoms with Crippen LogP contribution in [0.4, 0.5) is 13.2 Å². The Kier molecular flexibility index (Phi) is 9.59. The van der Waals surface area contributed by atoms with Crippen molar-refractivity contribution in [2.75, 3.05) is 13.2 Å². The number of amides is 1. The Bertz CT molecular complexity index is 1350. The van der Waals surface area contributed by atoms with E-state index < -0.39 is 30.4 Å². The SMILES string of the molecule is CCCOc1c(Cl)cc2cc(C(CCC(F)(F)F)c3ccc(C(=O)NCCC(=O)O)cc3)ccc2c1C#N. The Morgan fingerprint density at radius 3 is 2.42 bits per heavy atom. The summed E-state index contributed by atoms with van der Waals surface area (Å²) in [7, 11) is 0. The van der Waals surface area contributed by atoms with E-state index in [0.29, 0.717) is 28.5 Å². The highest BCUT2D eigenvalue weighted by Crippen LogP contribution is 2.39. The van der Waals surface area contributed by atoms with Crippen LogP contribution in [0.15, 0.2) is 48.5 Å². The summed E-state index contributed by atoms with van der Waals surface area (Å²) in [5, 5.41) is 22.4. The van der Waals surface area contributed by atoms with Crippen molar-refractivity contribution in [2.24, 2.45) is 0 Å². The number of rotatable bonds is 11. The highest BCUT2D eigenvalue weighted by atomic mass is 35.5. The first-order valence-electron chi connectivity index (χ1n) is 12.0. The monoisotopic (exact) mass is 546 g/mol. The lowest BCUT2D eigenvalue weighted by Crippen LogP contribution is -2.25. The number of fused-ring (bicyclic) bond motifs is 1. The van der Waals surface area contributed by atoms with Crippen LogP contribution in [-0.4, -0.2) is 36.3 Å². The van der Waals surface area contributed by atoms with Crippen molar-refractivity contribution in [2.45, 2.75) is 44.7 Å². The number of nitrogens with zero attached hydrogens (tertiary/aromatic N) is 1. The number of aliphatic carboxylic acids is 1. The minimum atomic E-state index is -4.36. The number of alkyl halides is 3. The number of halogens is 4. The molecule has 0 aliphatic carbocycles. The lowest BCUT2D eigenvalue weighted by Gasteiger charge is -2.21. The first-order valence-corrected chi connectivity index (χ1v) is 12.4. The highest BCUT2D eigenvalue weighted by molar-refractivity contribution is 6.33. The van der Waals surface area contributed by atoms with E-state index in [0.717, 1.165) is 6.42 Å². The Balaban J connectivity index is 1.97. The van der Waals surface area contributed by atoms with Gasteiger partial charge in [0, 0.05) is 29.8 Å². The van der Waals surface area contributed by atoms with E-state index in [4.69, 9.17) is 21.4 Å². The molecule has 2 N–H and O–H groups in total. The van der Waals surface area contributed by atoms with Crippen molar-refractivity contribution in [1.82, 2.24) is 5.32 Å². The van der Waals surface area contributed by atoms with Crippen LogP contribution < -0.4 is 10.1 Å². The standard InChI is InChI=1S/C28H26ClF3N2O4/c1-2-13-38-26-23(16-33)22-8-7-19(14-20(22)15-24(26)29)21(9-11-28(30,31)32)17-3-5-18(6-4-17)27(37)34-12-10-25(35)36/h3-8,14-15,21H,2,9-13H2,1H3,(H,34,37)(H,35,36). The first-order chi connectivity index (χ1) is 18.0. The zero-order valence-corrected chi connectivity index (χ0v) is 21.3. The second-order valence-corrected chi connectivity index (χ2v) is 9.14. The van der Waals surface area contributed by atoms with Crippen molar-refractivity contribution in [1.29, 1.82) is 5.26 Å². The van der Waals surface area contributed by atoms with E-state index in [9.17, 15) is 28.0 Å². The van der Waals surface area contributed by atoms with E-state index in [1.54, 1.807) is 36.4 Å². The molecule has 10 heteroatoms. The van der Waals surface area contributed by atoms with Gasteiger partial charge in [-0.15, -0.1) is 0 Å². The van der Waals surface area contributed by atoms with E-state index >= 15 is 0 Å². The molecule has 200 valence electrons. The largest absolute Gasteiger partial charge is 0.491 e. The number of hydrogen-bond acceptors (Lipinski definition) is 4. The molecule has 0 aliphatic heterocycles. The number of nitrogens with one attached hydrogen (secondary N) is 1. The minimum absolute atomic E-state index is 0.0420. The Morgan fingerprint density at radius 2 is 1.82 bits per heavy atom. The molecule has 1 unspecified atom stereocenters. The Labute approximate surface area is 223 Å². The van der Waals surface area contributed by atoms with Crippen LogP contribution in [-0.2, 0) is 4.79 Å². The van der Waals surface area contributed by atoms with E-state index in [1.165, 1.54) is 12.1 Å². The van der Waals surface area contributed by atoms with Crippen molar-refractivity contribution in [3.05, 3.63) is 75.8 Å². The number of nitriles is 1. The summed E-state index contributed by atoms with van der Waals surface area (Å²) in [4.78, 5) is 22.9. The molecule has 3 aromatic carbocycles. The topological polar surface area (TPSA) is 99.4 Å². The van der Waals surface area contributed by atoms with Crippen molar-refractivity contribution < 1.29 is 32.6 Å². The third kappa shape index (κ3) is 7.39. The second kappa shape index (κ2) is 12.7. The summed E-state index contributed by atoms with van der Waals surface area (Å²) in [5.41, 5.74) is 1.70. The molecule has 38 heavy (non-hydrogen) atoms. The average molecular weight is 547 g/mol. The third-order valence-corrected chi connectivity index (χ3v) is 6.23. The fourth-order valence-electron chi connectivity index (χ4n) is 4.13. The van der Waals surface area contributed by atoms with Crippen LogP contribution in [0.25, 0.3) is 10.8 Å². The lowest BCUT2D eigenvalue weighted by molar-refractivity contribution is -0.137. The molecule has 0 fully saturated rings. The van der Waals surface area contributed by atoms with Gasteiger partial charge in [0.2, 0.25) is 0 Å². The number of carbonyl (C=O) groups is 2. The van der Waals surface area contributed by atoms with Gasteiger partial charge in [-0.25, -0.2) is 0 Å². The highest BCUT2D eigenvalue weighted by Gasteiger charge is 2.29. The van der Waals surface area contributed by atoms with Crippen LogP contribution >= 0.6 is 11.6 Å². The van der Waals surface area contributed by atoms with Crippen LogP contribution in [0.3, 0.4) is 0 Å². The molecule has 1 amide bonds. The molecular weight excluding hydrogens is 521 g/mol. The van der Waals surface area contributed by atoms with E-state index in [2.05, 4.69) is 11.4 Å². The maximum Gasteiger partial charge on any atom is 0.389 e. The molecule has 3 rings (SSSR count). The van der Waals surface area contributed by atoms with E-state index in [-0.39, 0.29) is 41.3 Å². The Morgan fingerprint density at radius 1 is 1.13 bits per heavy atom. The summed E-state index contributed by atoms with van der Waals surface area (Å²) < 4.78 is 45.2. The first kappa shape index (κ1) is 28.8. The van der Waals surface area contributed by atoms with Gasteiger partial charge in [-0.3, -0.25) is 9.59 Å². The van der Waals surface area contributed by atoms with Gasteiger partial charge in [0.25, 0.3) is 5.91 Å². The van der Waals surface area contributed by atoms with Gasteiger partial charge >= 0.3 is 12.1 Å². The molecule has 1 atom stereocenters. The molecule has 0 bridgehead atoms. The number of carboxylic acids is 1. The van der Waals surface area contributed by atoms with Crippen LogP contribution in [0, 0.1) is 11.3 Å². The quantitative estimate of drug-likeness (QED) is 0.274. The van der Waals surface area contributed by atoms with Crippen LogP contribution in [0.2, 0.25) is 5.02 Å². The number of benzene rings is 3. The van der Waals surface area contributed by atoms with Crippen molar-refractivity contribution in [3.8, 4) is 11.8 Å². The van der Waals surface area contributed by atoms with Gasteiger partial charge in [-0.05, 0) is 47.6 Å². The zero-order valence-electron chi connectivity index (χ0n) is 20.6. The molecule has 0 aliphatic rings. The summed E-state index contributed by atoms with van der Waals surface area (Å²) in [6, 6.07) is 15.0. The van der Waals surface area contributed by atoms with Gasteiger partial charge in [-0.1, -0.05) is 48.9 Å². The molecular formula is C28H26ClF3N2O4. The summed E-state index contributed by atoms with van der Waals surface area (Å²) in [5.74, 6) is -1.89. The predicted octanol–water partition coefficient (Wildman–Crippen LogP) is 6.83. The summed E-state index contributed by atoms with van der Waals surface area (Å²) in [6.07, 6.45) is -5.10. The maximum atomic E-state index is 13.2. The molecule has 3 aromatic rings. The average Bonchev–Trinajstić information content (AvgIpc) is 2.86. The molecule has 0 saturated carbocycles. The van der Waals surface area contributed by atoms with Gasteiger partial charge in [-0.2, -0.15) is 18.4 Å². The van der Waals surface area contributed by atoms with Gasteiger partial charge in [0.1, 0.15) is 11.6 Å². The van der Waals surface area contributed by atoms with Gasteiger partial charge in [0.05, 0.1) is 18.1 Å². The molecule has 0 radical (unpaired) electrons. The van der Waals surface area contributed by atoms with Gasteiger partial charge < -0.3 is 15.2 Å². The zero-order chi connectivity index (χ0) is 27.9. The fraction of sp³-hybridized carbons (Fsp3) is 0.321. The molecule has 0 spiro atoms. The summed E-state index contributed by atoms with van der Waals surface area (Å²) in [6.45, 7) is 2.26. The lowest BCUT2D eigenvalue weighted by atomic mass is 9.85. The van der Waals surface area contributed by atoms with E-state index in [1.807, 2.05) is 6.92 Å². The second-order valence-electron chi connectivity index (χ2n) is 8.73. The number of hydrogen-bond donors (Lipinski definition) is 2. The maximum absolute atomic E-state index is 13.2. The molecule has 0 aromatic heterocycles. The number of carbonyl (C=O) groups excluding carboxylic acids is 1. The fourth-order valence-corrected chi connectivity index (χ4v) is 4.40. The minimum Gasteiger partial charge on any atom is -0.491 e. The van der Waals surface area contributed by atoms with Crippen molar-refractivity contribution >= 4 is 34.2 Å². The number of ether oxygens (including phenoxy) is 1. The number of carboxylic acid groups (broad SMARTS) is 1. The van der Waals surface area contributed by atoms with Crippen molar-refractivity contribution in [3.63, 3.8) is 0 Å². The third-order valence-electron chi connectivity index (χ3n) is 5.95. The summed E-state index contributed by atoms with van der Waals surface area (Å²) >= 11 is 6.40. The molecule has 6 nitrogen and oxygen atoms in total. The van der Waals surface area contributed by atoms with Crippen LogP contribution in [0.1, 0.15) is 65.6 Å². The van der Waals surface area contributed by atoms with Crippen LogP contribution in [0.5, 0.6) is 5.75 Å². The molecule has 0 saturated heterocycles.